The molecule has 0 aliphatic carbocycles. The van der Waals surface area contributed by atoms with E-state index in [0.717, 1.165) is 11.1 Å². The van der Waals surface area contributed by atoms with Crippen LogP contribution in [-0.4, -0.2) is 45.9 Å². The summed E-state index contributed by atoms with van der Waals surface area (Å²) >= 11 is 0. The average molecular weight is 290 g/mol. The Balaban J connectivity index is 2.12. The largest absolute Gasteiger partial charge is 0.478 e. The molecule has 0 aromatic heterocycles. The number of rotatable bonds is 5. The number of aromatic carboxylic acids is 1. The summed E-state index contributed by atoms with van der Waals surface area (Å²) in [5, 5.41) is 9.04. The summed E-state index contributed by atoms with van der Waals surface area (Å²) in [4.78, 5) is 27.3. The molecule has 1 aliphatic heterocycles. The van der Waals surface area contributed by atoms with E-state index >= 15 is 0 Å². The summed E-state index contributed by atoms with van der Waals surface area (Å²) in [6.45, 7) is 8.63. The van der Waals surface area contributed by atoms with Gasteiger partial charge in [-0.15, -0.1) is 0 Å². The van der Waals surface area contributed by atoms with Gasteiger partial charge in [-0.3, -0.25) is 9.69 Å². The van der Waals surface area contributed by atoms with E-state index in [-0.39, 0.29) is 11.9 Å². The number of hydrogen-bond donors (Lipinski definition) is 1. The van der Waals surface area contributed by atoms with E-state index in [1.54, 1.807) is 12.1 Å². The molecule has 0 radical (unpaired) electrons. The van der Waals surface area contributed by atoms with Gasteiger partial charge in [0.05, 0.1) is 11.6 Å². The summed E-state index contributed by atoms with van der Waals surface area (Å²) in [5.74, 6) is -0.783. The number of carboxylic acids is 1. The number of benzene rings is 1. The first-order valence-corrected chi connectivity index (χ1v) is 7.35. The van der Waals surface area contributed by atoms with Crippen molar-refractivity contribution >= 4 is 11.9 Å². The molecule has 0 bridgehead atoms. The van der Waals surface area contributed by atoms with Crippen LogP contribution in [0.1, 0.15) is 42.3 Å². The highest BCUT2D eigenvalue weighted by Gasteiger charge is 2.29. The fourth-order valence-electron chi connectivity index (χ4n) is 2.78. The molecule has 21 heavy (non-hydrogen) atoms. The molecule has 5 heteroatoms. The molecule has 1 aliphatic rings. The van der Waals surface area contributed by atoms with Crippen molar-refractivity contribution in [1.82, 2.24) is 9.80 Å². The van der Waals surface area contributed by atoms with Gasteiger partial charge in [0.15, 0.2) is 0 Å². The van der Waals surface area contributed by atoms with Crippen LogP contribution in [0.25, 0.3) is 0 Å². The molecule has 0 saturated heterocycles. The fraction of sp³-hybridized carbons (Fsp3) is 0.500. The molecule has 1 N–H and O–H groups in total. The lowest BCUT2D eigenvalue weighted by atomic mass is 10.1. The lowest BCUT2D eigenvalue weighted by Crippen LogP contribution is -2.45. The molecular weight excluding hydrogens is 268 g/mol. The lowest BCUT2D eigenvalue weighted by molar-refractivity contribution is -0.136. The first-order chi connectivity index (χ1) is 9.97. The third-order valence-electron chi connectivity index (χ3n) is 4.18. The van der Waals surface area contributed by atoms with E-state index in [4.69, 9.17) is 5.11 Å². The Bertz CT molecular complexity index is 552. The number of amides is 1. The van der Waals surface area contributed by atoms with Gasteiger partial charge in [0.2, 0.25) is 5.91 Å². The van der Waals surface area contributed by atoms with Crippen LogP contribution in [0.3, 0.4) is 0 Å². The average Bonchev–Trinajstić information content (AvgIpc) is 2.90. The molecule has 0 saturated carbocycles. The summed E-state index contributed by atoms with van der Waals surface area (Å²) in [6.07, 6.45) is 0. The van der Waals surface area contributed by atoms with Gasteiger partial charge < -0.3 is 10.0 Å². The van der Waals surface area contributed by atoms with Gasteiger partial charge in [0.1, 0.15) is 0 Å². The van der Waals surface area contributed by atoms with Gasteiger partial charge in [0, 0.05) is 26.2 Å². The van der Waals surface area contributed by atoms with Crippen molar-refractivity contribution in [2.45, 2.75) is 39.9 Å². The third-order valence-corrected chi connectivity index (χ3v) is 4.18. The lowest BCUT2D eigenvalue weighted by Gasteiger charge is -2.28. The van der Waals surface area contributed by atoms with Crippen LogP contribution in [-0.2, 0) is 17.9 Å². The minimum absolute atomic E-state index is 0.131. The van der Waals surface area contributed by atoms with Gasteiger partial charge in [-0.25, -0.2) is 4.79 Å². The fourth-order valence-corrected chi connectivity index (χ4v) is 2.78. The molecule has 1 amide bonds. The van der Waals surface area contributed by atoms with Crippen LogP contribution in [0.4, 0.5) is 0 Å². The molecule has 1 atom stereocenters. The predicted molar refractivity (Wildman–Crippen MR) is 80.0 cm³/mol. The van der Waals surface area contributed by atoms with Crippen molar-refractivity contribution < 1.29 is 14.7 Å². The van der Waals surface area contributed by atoms with Crippen LogP contribution >= 0.6 is 0 Å². The molecule has 1 aromatic rings. The Morgan fingerprint density at radius 1 is 1.24 bits per heavy atom. The molecule has 1 heterocycles. The molecule has 0 fully saturated rings. The first-order valence-electron chi connectivity index (χ1n) is 7.35. The van der Waals surface area contributed by atoms with Gasteiger partial charge >= 0.3 is 5.97 Å². The zero-order chi connectivity index (χ0) is 15.6. The highest BCUT2D eigenvalue weighted by atomic mass is 16.4. The van der Waals surface area contributed by atoms with Crippen molar-refractivity contribution in [3.8, 4) is 0 Å². The quantitative estimate of drug-likeness (QED) is 0.900. The number of carbonyl (C=O) groups is 2. The second-order valence-electron chi connectivity index (χ2n) is 5.38. The van der Waals surface area contributed by atoms with E-state index in [0.29, 0.717) is 31.7 Å². The van der Waals surface area contributed by atoms with Crippen LogP contribution in [0.5, 0.6) is 0 Å². The van der Waals surface area contributed by atoms with Crippen molar-refractivity contribution in [3.63, 3.8) is 0 Å². The Morgan fingerprint density at radius 3 is 2.43 bits per heavy atom. The Kier molecular flexibility index (Phi) is 4.63. The minimum Gasteiger partial charge on any atom is -0.478 e. The molecular formula is C16H22N2O3. The second kappa shape index (κ2) is 6.26. The van der Waals surface area contributed by atoms with E-state index in [2.05, 4.69) is 4.90 Å². The predicted octanol–water partition coefficient (Wildman–Crippen LogP) is 1.96. The Labute approximate surface area is 125 Å². The normalized spacial score (nSPS) is 15.6. The number of likely N-dealkylation sites (N-methyl/N-ethyl adjacent to an activating group) is 1. The molecule has 114 valence electrons. The molecule has 5 nitrogen and oxygen atoms in total. The van der Waals surface area contributed by atoms with Gasteiger partial charge in [-0.05, 0) is 44.0 Å². The zero-order valence-electron chi connectivity index (χ0n) is 12.8. The van der Waals surface area contributed by atoms with Crippen LogP contribution in [0.15, 0.2) is 18.2 Å². The van der Waals surface area contributed by atoms with Crippen molar-refractivity contribution in [2.75, 3.05) is 13.1 Å². The van der Waals surface area contributed by atoms with Gasteiger partial charge in [-0.2, -0.15) is 0 Å². The smallest absolute Gasteiger partial charge is 0.335 e. The second-order valence-corrected chi connectivity index (χ2v) is 5.38. The van der Waals surface area contributed by atoms with Crippen LogP contribution in [0, 0.1) is 0 Å². The third kappa shape index (κ3) is 3.08. The minimum atomic E-state index is -0.913. The standard InChI is InChI=1S/C16H22N2O3/c1-4-17(5-2)15(19)11(3)18-9-13-7-6-12(16(20)21)8-14(13)10-18/h6-8,11H,4-5,9-10H2,1-3H3,(H,20,21). The summed E-state index contributed by atoms with van der Waals surface area (Å²) < 4.78 is 0. The van der Waals surface area contributed by atoms with Crippen molar-refractivity contribution in [1.29, 1.82) is 0 Å². The first kappa shape index (κ1) is 15.5. The van der Waals surface area contributed by atoms with E-state index in [1.807, 2.05) is 31.7 Å². The van der Waals surface area contributed by atoms with Crippen LogP contribution in [0.2, 0.25) is 0 Å². The molecule has 2 rings (SSSR count). The highest BCUT2D eigenvalue weighted by molar-refractivity contribution is 5.88. The molecule has 1 unspecified atom stereocenters. The number of nitrogens with zero attached hydrogens (tertiary/aromatic N) is 2. The topological polar surface area (TPSA) is 60.9 Å². The number of hydrogen-bond acceptors (Lipinski definition) is 3. The van der Waals surface area contributed by atoms with Gasteiger partial charge in [-0.1, -0.05) is 6.07 Å². The van der Waals surface area contributed by atoms with E-state index in [9.17, 15) is 9.59 Å². The zero-order valence-corrected chi connectivity index (χ0v) is 12.8. The Morgan fingerprint density at radius 2 is 1.86 bits per heavy atom. The highest BCUT2D eigenvalue weighted by Crippen LogP contribution is 2.26. The maximum atomic E-state index is 12.4. The molecule has 0 spiro atoms. The Hall–Kier alpha value is -1.88. The van der Waals surface area contributed by atoms with Gasteiger partial charge in [0.25, 0.3) is 0 Å². The SMILES string of the molecule is CCN(CC)C(=O)C(C)N1Cc2ccc(C(=O)O)cc2C1. The summed E-state index contributed by atoms with van der Waals surface area (Å²) in [5.41, 5.74) is 2.42. The number of carbonyl (C=O) groups excluding carboxylic acids is 1. The maximum Gasteiger partial charge on any atom is 0.335 e. The van der Waals surface area contributed by atoms with E-state index in [1.165, 1.54) is 0 Å². The van der Waals surface area contributed by atoms with Crippen molar-refractivity contribution in [3.05, 3.63) is 34.9 Å². The maximum absolute atomic E-state index is 12.4. The van der Waals surface area contributed by atoms with Crippen LogP contribution < -0.4 is 0 Å². The summed E-state index contributed by atoms with van der Waals surface area (Å²) in [6, 6.07) is 5.01. The molecule has 1 aromatic carbocycles. The number of carboxylic acid groups (broad SMARTS) is 1. The monoisotopic (exact) mass is 290 g/mol. The number of fused-ring (bicyclic) bond motifs is 1. The van der Waals surface area contributed by atoms with Crippen molar-refractivity contribution in [2.24, 2.45) is 0 Å². The van der Waals surface area contributed by atoms with E-state index < -0.39 is 5.97 Å². The summed E-state index contributed by atoms with van der Waals surface area (Å²) in [7, 11) is 0.